The zero-order valence-electron chi connectivity index (χ0n) is 13.7. The van der Waals surface area contributed by atoms with Gasteiger partial charge in [-0.15, -0.1) is 11.3 Å². The minimum atomic E-state index is -0.998. The van der Waals surface area contributed by atoms with E-state index in [9.17, 15) is 13.6 Å². The number of carbonyl (C=O) groups is 1. The normalized spacial score (nSPS) is 14.1. The van der Waals surface area contributed by atoms with Gasteiger partial charge in [0.2, 0.25) is 0 Å². The molecular weight excluding hydrogens is 344 g/mol. The van der Waals surface area contributed by atoms with Crippen LogP contribution in [0.5, 0.6) is 0 Å². The zero-order valence-corrected chi connectivity index (χ0v) is 14.5. The Bertz CT molecular complexity index is 1010. The van der Waals surface area contributed by atoms with E-state index >= 15 is 0 Å². The van der Waals surface area contributed by atoms with Crippen LogP contribution in [0.15, 0.2) is 18.2 Å². The summed E-state index contributed by atoms with van der Waals surface area (Å²) in [5, 5.41) is 3.51. The fourth-order valence-corrected chi connectivity index (χ4v) is 4.00. The summed E-state index contributed by atoms with van der Waals surface area (Å²) >= 11 is 1.30. The largest absolute Gasteiger partial charge is 0.321 e. The molecule has 0 atom stereocenters. The molecule has 4 nitrogen and oxygen atoms in total. The number of rotatable bonds is 3. The predicted octanol–water partition coefficient (Wildman–Crippen LogP) is 4.72. The maximum atomic E-state index is 13.3. The monoisotopic (exact) mass is 359 g/mol. The number of anilines is 1. The lowest BCUT2D eigenvalue weighted by molar-refractivity contribution is 0.103. The number of hydrogen-bond acceptors (Lipinski definition) is 4. The number of benzene rings is 1. The minimum absolute atomic E-state index is 0.210. The predicted molar refractivity (Wildman–Crippen MR) is 93.2 cm³/mol. The first-order chi connectivity index (χ1) is 11.9. The lowest BCUT2D eigenvalue weighted by Crippen LogP contribution is -2.11. The van der Waals surface area contributed by atoms with Crippen LogP contribution in [0.25, 0.3) is 10.2 Å². The summed E-state index contributed by atoms with van der Waals surface area (Å²) in [7, 11) is 0. The van der Waals surface area contributed by atoms with E-state index in [1.807, 2.05) is 13.8 Å². The van der Waals surface area contributed by atoms with Gasteiger partial charge in [0.15, 0.2) is 11.6 Å². The van der Waals surface area contributed by atoms with E-state index in [2.05, 4.69) is 15.3 Å². The SMILES string of the molecule is Cc1nc(C2CC2)nc2sc(C(=O)Nc3ccc(F)c(F)c3)c(C)c12. The number of amides is 1. The molecule has 0 spiro atoms. The fraction of sp³-hybridized carbons (Fsp3) is 0.278. The van der Waals surface area contributed by atoms with Gasteiger partial charge in [0.25, 0.3) is 5.91 Å². The average molecular weight is 359 g/mol. The molecule has 0 radical (unpaired) electrons. The second-order valence-corrected chi connectivity index (χ2v) is 7.26. The van der Waals surface area contributed by atoms with E-state index in [1.54, 1.807) is 0 Å². The third kappa shape index (κ3) is 2.89. The average Bonchev–Trinajstić information content (AvgIpc) is 3.35. The molecule has 1 aliphatic rings. The lowest BCUT2D eigenvalue weighted by atomic mass is 10.1. The van der Waals surface area contributed by atoms with Gasteiger partial charge in [-0.1, -0.05) is 0 Å². The van der Waals surface area contributed by atoms with E-state index < -0.39 is 11.6 Å². The van der Waals surface area contributed by atoms with Gasteiger partial charge in [-0.05, 0) is 44.4 Å². The highest BCUT2D eigenvalue weighted by atomic mass is 32.1. The fourth-order valence-electron chi connectivity index (χ4n) is 2.86. The van der Waals surface area contributed by atoms with Crippen molar-refractivity contribution in [3.8, 4) is 0 Å². The van der Waals surface area contributed by atoms with E-state index in [0.29, 0.717) is 10.8 Å². The molecule has 0 bridgehead atoms. The Hall–Kier alpha value is -2.41. The number of thiophene rings is 1. The first-order valence-electron chi connectivity index (χ1n) is 7.98. The molecule has 1 aliphatic carbocycles. The molecule has 3 aromatic rings. The van der Waals surface area contributed by atoms with E-state index in [4.69, 9.17) is 0 Å². The molecule has 0 aliphatic heterocycles. The molecule has 2 aromatic heterocycles. The minimum Gasteiger partial charge on any atom is -0.321 e. The van der Waals surface area contributed by atoms with Crippen molar-refractivity contribution in [2.45, 2.75) is 32.6 Å². The first-order valence-corrected chi connectivity index (χ1v) is 8.79. The standard InChI is InChI=1S/C18H15F2N3OS/c1-8-14-9(2)21-16(10-3-4-10)23-18(14)25-15(8)17(24)22-11-5-6-12(19)13(20)7-11/h5-7,10H,3-4H2,1-2H3,(H,22,24). The molecule has 4 rings (SSSR count). The van der Waals surface area contributed by atoms with Crippen LogP contribution in [-0.4, -0.2) is 15.9 Å². The maximum absolute atomic E-state index is 13.3. The quantitative estimate of drug-likeness (QED) is 0.736. The summed E-state index contributed by atoms with van der Waals surface area (Å²) in [6.45, 7) is 3.78. The van der Waals surface area contributed by atoms with Gasteiger partial charge < -0.3 is 5.32 Å². The van der Waals surface area contributed by atoms with Crippen molar-refractivity contribution in [1.29, 1.82) is 0 Å². The Kier molecular flexibility index (Phi) is 3.76. The van der Waals surface area contributed by atoms with Crippen LogP contribution in [0.4, 0.5) is 14.5 Å². The lowest BCUT2D eigenvalue weighted by Gasteiger charge is -2.05. The number of aryl methyl sites for hydroxylation is 2. The van der Waals surface area contributed by atoms with Crippen molar-refractivity contribution in [2.24, 2.45) is 0 Å². The Morgan fingerprint density at radius 1 is 1.20 bits per heavy atom. The van der Waals surface area contributed by atoms with Crippen LogP contribution >= 0.6 is 11.3 Å². The Labute approximate surface area is 146 Å². The second kappa shape index (κ2) is 5.84. The van der Waals surface area contributed by atoms with Crippen LogP contribution in [0.3, 0.4) is 0 Å². The third-order valence-electron chi connectivity index (χ3n) is 4.31. The summed E-state index contributed by atoms with van der Waals surface area (Å²) in [5.74, 6) is -1.03. The number of fused-ring (bicyclic) bond motifs is 1. The summed E-state index contributed by atoms with van der Waals surface area (Å²) in [6, 6.07) is 3.28. The van der Waals surface area contributed by atoms with Crippen molar-refractivity contribution in [1.82, 2.24) is 9.97 Å². The molecule has 2 heterocycles. The third-order valence-corrected chi connectivity index (χ3v) is 5.50. The topological polar surface area (TPSA) is 54.9 Å². The summed E-state index contributed by atoms with van der Waals surface area (Å²) in [5.41, 5.74) is 1.88. The van der Waals surface area contributed by atoms with Gasteiger partial charge in [0.1, 0.15) is 10.7 Å². The molecule has 1 aromatic carbocycles. The number of nitrogens with zero attached hydrogens (tertiary/aromatic N) is 2. The highest BCUT2D eigenvalue weighted by Gasteiger charge is 2.28. The molecule has 1 N–H and O–H groups in total. The second-order valence-electron chi connectivity index (χ2n) is 6.26. The summed E-state index contributed by atoms with van der Waals surface area (Å²) in [6.07, 6.45) is 2.22. The molecule has 0 saturated heterocycles. The number of carbonyl (C=O) groups excluding carboxylic acids is 1. The van der Waals surface area contributed by atoms with Gasteiger partial charge in [-0.3, -0.25) is 4.79 Å². The number of aromatic nitrogens is 2. The van der Waals surface area contributed by atoms with Gasteiger partial charge >= 0.3 is 0 Å². The van der Waals surface area contributed by atoms with Crippen molar-refractivity contribution in [2.75, 3.05) is 5.32 Å². The van der Waals surface area contributed by atoms with Gasteiger partial charge in [0.05, 0.1) is 10.6 Å². The van der Waals surface area contributed by atoms with Gasteiger partial charge in [0, 0.05) is 23.1 Å². The van der Waals surface area contributed by atoms with Crippen LogP contribution in [0.1, 0.15) is 45.5 Å². The van der Waals surface area contributed by atoms with Crippen molar-refractivity contribution in [3.05, 3.63) is 51.8 Å². The molecule has 128 valence electrons. The van der Waals surface area contributed by atoms with Crippen LogP contribution in [0, 0.1) is 25.5 Å². The molecular formula is C18H15F2N3OS. The Morgan fingerprint density at radius 3 is 2.64 bits per heavy atom. The van der Waals surface area contributed by atoms with Gasteiger partial charge in [-0.2, -0.15) is 0 Å². The molecule has 7 heteroatoms. The number of hydrogen-bond donors (Lipinski definition) is 1. The number of nitrogens with one attached hydrogen (secondary N) is 1. The summed E-state index contributed by atoms with van der Waals surface area (Å²) in [4.78, 5) is 23.1. The Morgan fingerprint density at radius 2 is 1.96 bits per heavy atom. The molecule has 1 saturated carbocycles. The van der Waals surface area contributed by atoms with E-state index in [0.717, 1.165) is 52.3 Å². The van der Waals surface area contributed by atoms with Crippen molar-refractivity contribution in [3.63, 3.8) is 0 Å². The highest BCUT2D eigenvalue weighted by Crippen LogP contribution is 2.40. The van der Waals surface area contributed by atoms with Crippen LogP contribution in [-0.2, 0) is 0 Å². The van der Waals surface area contributed by atoms with Crippen LogP contribution < -0.4 is 5.32 Å². The van der Waals surface area contributed by atoms with Crippen molar-refractivity contribution < 1.29 is 13.6 Å². The number of halogens is 2. The smallest absolute Gasteiger partial charge is 0.266 e. The molecule has 1 fully saturated rings. The van der Waals surface area contributed by atoms with Crippen LogP contribution in [0.2, 0.25) is 0 Å². The summed E-state index contributed by atoms with van der Waals surface area (Å²) < 4.78 is 26.3. The van der Waals surface area contributed by atoms with E-state index in [-0.39, 0.29) is 11.6 Å². The highest BCUT2D eigenvalue weighted by molar-refractivity contribution is 7.20. The van der Waals surface area contributed by atoms with Gasteiger partial charge in [-0.25, -0.2) is 18.7 Å². The maximum Gasteiger partial charge on any atom is 0.266 e. The molecule has 25 heavy (non-hydrogen) atoms. The molecule has 1 amide bonds. The Balaban J connectivity index is 1.70. The van der Waals surface area contributed by atoms with Crippen molar-refractivity contribution >= 4 is 33.1 Å². The molecule has 0 unspecified atom stereocenters. The first kappa shape index (κ1) is 16.1. The van der Waals surface area contributed by atoms with E-state index in [1.165, 1.54) is 17.4 Å². The zero-order chi connectivity index (χ0) is 17.7.